The van der Waals surface area contributed by atoms with E-state index in [9.17, 15) is 15.0 Å². The van der Waals surface area contributed by atoms with Crippen LogP contribution >= 0.6 is 0 Å². The van der Waals surface area contributed by atoms with Crippen LogP contribution in [0.2, 0.25) is 0 Å². The van der Waals surface area contributed by atoms with Crippen LogP contribution in [0.25, 0.3) is 11.0 Å². The molecular weight excluding hydrogens is 330 g/mol. The monoisotopic (exact) mass is 353 g/mol. The molecule has 1 heterocycles. The fourth-order valence-corrected chi connectivity index (χ4v) is 3.15. The van der Waals surface area contributed by atoms with Crippen LogP contribution < -0.4 is 10.5 Å². The molecule has 5 heteroatoms. The topological polar surface area (TPSA) is 73.9 Å². The SMILES string of the molecule is CCc1cc2c(CN(CC(C)O)c3ccccc3)cc(=O)oc2cc1O. The first-order valence-electron chi connectivity index (χ1n) is 8.74. The molecule has 0 aliphatic carbocycles. The molecule has 2 aromatic carbocycles. The van der Waals surface area contributed by atoms with Crippen LogP contribution in [0.1, 0.15) is 25.0 Å². The van der Waals surface area contributed by atoms with Gasteiger partial charge in [0.25, 0.3) is 0 Å². The third-order valence-electron chi connectivity index (χ3n) is 4.38. The van der Waals surface area contributed by atoms with Gasteiger partial charge in [-0.05, 0) is 42.7 Å². The van der Waals surface area contributed by atoms with Gasteiger partial charge in [0.05, 0.1) is 6.10 Å². The van der Waals surface area contributed by atoms with E-state index in [-0.39, 0.29) is 5.75 Å². The van der Waals surface area contributed by atoms with E-state index >= 15 is 0 Å². The van der Waals surface area contributed by atoms with Gasteiger partial charge in [-0.1, -0.05) is 25.1 Å². The normalized spacial score (nSPS) is 12.3. The molecule has 3 aromatic rings. The Morgan fingerprint density at radius 2 is 1.85 bits per heavy atom. The number of aliphatic hydroxyl groups excluding tert-OH is 1. The Hall–Kier alpha value is -2.79. The van der Waals surface area contributed by atoms with Crippen molar-refractivity contribution in [2.75, 3.05) is 11.4 Å². The highest BCUT2D eigenvalue weighted by Crippen LogP contribution is 2.28. The molecule has 0 aliphatic heterocycles. The molecule has 0 fully saturated rings. The summed E-state index contributed by atoms with van der Waals surface area (Å²) in [6, 6.07) is 14.6. The number of benzene rings is 2. The number of anilines is 1. The van der Waals surface area contributed by atoms with Crippen molar-refractivity contribution in [1.82, 2.24) is 0 Å². The van der Waals surface area contributed by atoms with Crippen LogP contribution in [0.5, 0.6) is 5.75 Å². The fourth-order valence-electron chi connectivity index (χ4n) is 3.15. The van der Waals surface area contributed by atoms with Crippen molar-refractivity contribution >= 4 is 16.7 Å². The van der Waals surface area contributed by atoms with Gasteiger partial charge in [-0.25, -0.2) is 4.79 Å². The Balaban J connectivity index is 2.09. The molecule has 2 N–H and O–H groups in total. The van der Waals surface area contributed by atoms with Crippen LogP contribution in [0.15, 0.2) is 57.7 Å². The molecule has 1 unspecified atom stereocenters. The number of nitrogens with zero attached hydrogens (tertiary/aromatic N) is 1. The van der Waals surface area contributed by atoms with E-state index in [1.807, 2.05) is 48.2 Å². The summed E-state index contributed by atoms with van der Waals surface area (Å²) in [6.45, 7) is 4.58. The lowest BCUT2D eigenvalue weighted by Crippen LogP contribution is -2.30. The van der Waals surface area contributed by atoms with Crippen LogP contribution in [-0.4, -0.2) is 22.9 Å². The van der Waals surface area contributed by atoms with Gasteiger partial charge in [0, 0.05) is 36.3 Å². The van der Waals surface area contributed by atoms with E-state index in [1.54, 1.807) is 6.92 Å². The van der Waals surface area contributed by atoms with Crippen LogP contribution in [-0.2, 0) is 13.0 Å². The average Bonchev–Trinajstić information content (AvgIpc) is 2.61. The predicted octanol–water partition coefficient (Wildman–Crippen LogP) is 3.45. The van der Waals surface area contributed by atoms with E-state index in [0.29, 0.717) is 25.1 Å². The highest BCUT2D eigenvalue weighted by atomic mass is 16.4. The summed E-state index contributed by atoms with van der Waals surface area (Å²) in [4.78, 5) is 14.0. The van der Waals surface area contributed by atoms with E-state index in [1.165, 1.54) is 12.1 Å². The standard InChI is InChI=1S/C21H23NO4/c1-3-15-9-18-16(10-21(25)26-20(18)11-19(15)24)13-22(12-14(2)23)17-7-5-4-6-8-17/h4-11,14,23-24H,3,12-13H2,1-2H3. The van der Waals surface area contributed by atoms with Crippen molar-refractivity contribution in [1.29, 1.82) is 0 Å². The highest BCUT2D eigenvalue weighted by Gasteiger charge is 2.15. The van der Waals surface area contributed by atoms with Gasteiger partial charge >= 0.3 is 5.63 Å². The number of aliphatic hydroxyl groups is 1. The second kappa shape index (κ2) is 7.62. The number of para-hydroxylation sites is 1. The first-order chi connectivity index (χ1) is 12.5. The predicted molar refractivity (Wildman–Crippen MR) is 103 cm³/mol. The molecule has 3 rings (SSSR count). The van der Waals surface area contributed by atoms with Crippen molar-refractivity contribution in [3.63, 3.8) is 0 Å². The van der Waals surface area contributed by atoms with E-state index < -0.39 is 11.7 Å². The van der Waals surface area contributed by atoms with Crippen LogP contribution in [0.4, 0.5) is 5.69 Å². The summed E-state index contributed by atoms with van der Waals surface area (Å²) in [5.74, 6) is 0.129. The molecule has 26 heavy (non-hydrogen) atoms. The minimum Gasteiger partial charge on any atom is -0.508 e. The van der Waals surface area contributed by atoms with Crippen molar-refractivity contribution in [2.24, 2.45) is 0 Å². The highest BCUT2D eigenvalue weighted by molar-refractivity contribution is 5.83. The average molecular weight is 353 g/mol. The lowest BCUT2D eigenvalue weighted by molar-refractivity contribution is 0.199. The third kappa shape index (κ3) is 3.89. The molecule has 0 saturated carbocycles. The molecule has 136 valence electrons. The van der Waals surface area contributed by atoms with E-state index in [2.05, 4.69) is 0 Å². The first kappa shape index (κ1) is 18.0. The molecule has 1 atom stereocenters. The molecule has 0 bridgehead atoms. The zero-order chi connectivity index (χ0) is 18.7. The molecule has 5 nitrogen and oxygen atoms in total. The zero-order valence-electron chi connectivity index (χ0n) is 15.0. The summed E-state index contributed by atoms with van der Waals surface area (Å²) in [5, 5.41) is 20.8. The first-order valence-corrected chi connectivity index (χ1v) is 8.74. The molecule has 0 spiro atoms. The van der Waals surface area contributed by atoms with Gasteiger partial charge < -0.3 is 19.5 Å². The third-order valence-corrected chi connectivity index (χ3v) is 4.38. The Morgan fingerprint density at radius 1 is 1.12 bits per heavy atom. The summed E-state index contributed by atoms with van der Waals surface area (Å²) in [7, 11) is 0. The molecule has 0 amide bonds. The molecule has 0 saturated heterocycles. The van der Waals surface area contributed by atoms with Gasteiger partial charge in [-0.15, -0.1) is 0 Å². The zero-order valence-corrected chi connectivity index (χ0v) is 15.0. The Bertz CT molecular complexity index is 947. The number of hydrogen-bond donors (Lipinski definition) is 2. The Labute approximate surface area is 152 Å². The smallest absolute Gasteiger partial charge is 0.336 e. The second-order valence-corrected chi connectivity index (χ2v) is 6.49. The van der Waals surface area contributed by atoms with Gasteiger partial charge in [0.15, 0.2) is 0 Å². The number of aromatic hydroxyl groups is 1. The summed E-state index contributed by atoms with van der Waals surface area (Å²) in [6.07, 6.45) is 0.160. The minimum absolute atomic E-state index is 0.129. The van der Waals surface area contributed by atoms with E-state index in [0.717, 1.165) is 22.2 Å². The number of rotatable bonds is 6. The number of fused-ring (bicyclic) bond motifs is 1. The Kier molecular flexibility index (Phi) is 5.28. The summed E-state index contributed by atoms with van der Waals surface area (Å²) in [5.41, 5.74) is 2.47. The molecular formula is C21H23NO4. The summed E-state index contributed by atoms with van der Waals surface area (Å²) < 4.78 is 5.27. The van der Waals surface area contributed by atoms with Crippen LogP contribution in [0.3, 0.4) is 0 Å². The van der Waals surface area contributed by atoms with Gasteiger partial charge in [0.2, 0.25) is 0 Å². The van der Waals surface area contributed by atoms with Crippen molar-refractivity contribution < 1.29 is 14.6 Å². The number of hydrogen-bond acceptors (Lipinski definition) is 5. The lowest BCUT2D eigenvalue weighted by Gasteiger charge is -2.26. The van der Waals surface area contributed by atoms with E-state index in [4.69, 9.17) is 4.42 Å². The molecule has 0 radical (unpaired) electrons. The maximum absolute atomic E-state index is 12.0. The number of phenols is 1. The number of aryl methyl sites for hydroxylation is 1. The molecule has 1 aromatic heterocycles. The van der Waals surface area contributed by atoms with Gasteiger partial charge in [-0.3, -0.25) is 0 Å². The van der Waals surface area contributed by atoms with Crippen molar-refractivity contribution in [3.05, 3.63) is 70.1 Å². The second-order valence-electron chi connectivity index (χ2n) is 6.49. The maximum Gasteiger partial charge on any atom is 0.336 e. The lowest BCUT2D eigenvalue weighted by atomic mass is 10.0. The largest absolute Gasteiger partial charge is 0.508 e. The summed E-state index contributed by atoms with van der Waals surface area (Å²) >= 11 is 0. The molecule has 0 aliphatic rings. The van der Waals surface area contributed by atoms with Crippen molar-refractivity contribution in [3.8, 4) is 5.75 Å². The minimum atomic E-state index is -0.517. The fraction of sp³-hybridized carbons (Fsp3) is 0.286. The van der Waals surface area contributed by atoms with Gasteiger partial charge in [-0.2, -0.15) is 0 Å². The Morgan fingerprint density at radius 3 is 2.50 bits per heavy atom. The quantitative estimate of drug-likeness (QED) is 0.664. The number of phenolic OH excluding ortho intramolecular Hbond substituents is 1. The maximum atomic E-state index is 12.0. The van der Waals surface area contributed by atoms with Gasteiger partial charge in [0.1, 0.15) is 11.3 Å². The van der Waals surface area contributed by atoms with Crippen LogP contribution in [0, 0.1) is 0 Å². The van der Waals surface area contributed by atoms with Crippen molar-refractivity contribution in [2.45, 2.75) is 32.9 Å².